The van der Waals surface area contributed by atoms with Gasteiger partial charge >= 0.3 is 0 Å². The molecule has 0 bridgehead atoms. The number of benzene rings is 1. The fourth-order valence-corrected chi connectivity index (χ4v) is 5.91. The number of carbonyl (C=O) groups is 1. The van der Waals surface area contributed by atoms with E-state index in [0.29, 0.717) is 39.3 Å². The summed E-state index contributed by atoms with van der Waals surface area (Å²) in [5.41, 5.74) is 2.07. The Morgan fingerprint density at radius 3 is 2.50 bits per heavy atom. The van der Waals surface area contributed by atoms with E-state index in [1.165, 1.54) is 16.3 Å². The SMILES string of the molecule is COc1ccc(CCN2C(=O)C(=Cc3c(C)c(C#N)c(=O)n(C)c3N3CCCC3)SC2=S)cc1OC. The Balaban J connectivity index is 1.64. The summed E-state index contributed by atoms with van der Waals surface area (Å²) in [4.78, 5) is 30.4. The quantitative estimate of drug-likeness (QED) is 0.401. The normalized spacial score (nSPS) is 16.7. The minimum atomic E-state index is -0.323. The van der Waals surface area contributed by atoms with Crippen LogP contribution in [-0.4, -0.2) is 53.5 Å². The van der Waals surface area contributed by atoms with Crippen LogP contribution in [0.5, 0.6) is 11.5 Å². The molecule has 0 N–H and O–H groups in total. The fraction of sp³-hybridized carbons (Fsp3) is 0.385. The maximum absolute atomic E-state index is 13.4. The van der Waals surface area contributed by atoms with E-state index in [2.05, 4.69) is 4.90 Å². The number of aromatic nitrogens is 1. The molecule has 188 valence electrons. The Morgan fingerprint density at radius 2 is 1.86 bits per heavy atom. The molecule has 0 aliphatic carbocycles. The molecule has 3 heterocycles. The third kappa shape index (κ3) is 4.73. The first-order valence-electron chi connectivity index (χ1n) is 11.7. The number of hydrogen-bond acceptors (Lipinski definition) is 8. The van der Waals surface area contributed by atoms with E-state index in [1.54, 1.807) is 39.2 Å². The third-order valence-electron chi connectivity index (χ3n) is 6.59. The number of pyridine rings is 1. The Bertz CT molecular complexity index is 1350. The molecule has 10 heteroatoms. The van der Waals surface area contributed by atoms with Crippen LogP contribution < -0.4 is 19.9 Å². The minimum absolute atomic E-state index is 0.0932. The van der Waals surface area contributed by atoms with Gasteiger partial charge in [0.1, 0.15) is 21.8 Å². The highest BCUT2D eigenvalue weighted by Crippen LogP contribution is 2.36. The Hall–Kier alpha value is -3.29. The van der Waals surface area contributed by atoms with Gasteiger partial charge in [0.25, 0.3) is 11.5 Å². The van der Waals surface area contributed by atoms with Gasteiger partial charge in [0.2, 0.25) is 0 Å². The number of carbonyl (C=O) groups excluding carboxylic acids is 1. The van der Waals surface area contributed by atoms with Crippen molar-refractivity contribution in [1.82, 2.24) is 9.47 Å². The van der Waals surface area contributed by atoms with E-state index in [-0.39, 0.29) is 17.0 Å². The number of amides is 1. The maximum Gasteiger partial charge on any atom is 0.270 e. The summed E-state index contributed by atoms with van der Waals surface area (Å²) in [6.07, 6.45) is 4.45. The van der Waals surface area contributed by atoms with Crippen molar-refractivity contribution in [3.05, 3.63) is 55.7 Å². The van der Waals surface area contributed by atoms with Crippen molar-refractivity contribution >= 4 is 46.1 Å². The molecule has 2 aliphatic heterocycles. The van der Waals surface area contributed by atoms with Crippen molar-refractivity contribution in [3.8, 4) is 17.6 Å². The molecule has 0 unspecified atom stereocenters. The zero-order chi connectivity index (χ0) is 26.0. The summed E-state index contributed by atoms with van der Waals surface area (Å²) in [6, 6.07) is 7.72. The van der Waals surface area contributed by atoms with Crippen LogP contribution in [0.2, 0.25) is 0 Å². The Morgan fingerprint density at radius 1 is 1.17 bits per heavy atom. The van der Waals surface area contributed by atoms with Gasteiger partial charge in [0, 0.05) is 32.2 Å². The van der Waals surface area contributed by atoms with Gasteiger partial charge < -0.3 is 14.4 Å². The number of nitriles is 1. The van der Waals surface area contributed by atoms with Crippen LogP contribution in [0.25, 0.3) is 6.08 Å². The van der Waals surface area contributed by atoms with Gasteiger partial charge in [-0.15, -0.1) is 0 Å². The van der Waals surface area contributed by atoms with E-state index in [0.717, 1.165) is 42.9 Å². The molecule has 1 aromatic heterocycles. The minimum Gasteiger partial charge on any atom is -0.493 e. The highest BCUT2D eigenvalue weighted by Gasteiger charge is 2.33. The zero-order valence-corrected chi connectivity index (χ0v) is 22.4. The molecule has 36 heavy (non-hydrogen) atoms. The van der Waals surface area contributed by atoms with Gasteiger partial charge in [-0.25, -0.2) is 0 Å². The predicted octanol–water partition coefficient (Wildman–Crippen LogP) is 3.63. The van der Waals surface area contributed by atoms with E-state index in [1.807, 2.05) is 24.3 Å². The number of nitrogens with zero attached hydrogens (tertiary/aromatic N) is 4. The number of methoxy groups -OCH3 is 2. The summed E-state index contributed by atoms with van der Waals surface area (Å²) in [5, 5.41) is 9.63. The smallest absolute Gasteiger partial charge is 0.270 e. The number of ether oxygens (including phenoxy) is 2. The molecule has 0 radical (unpaired) electrons. The number of hydrogen-bond donors (Lipinski definition) is 0. The second-order valence-electron chi connectivity index (χ2n) is 8.68. The first-order chi connectivity index (χ1) is 17.3. The largest absolute Gasteiger partial charge is 0.493 e. The van der Waals surface area contributed by atoms with Gasteiger partial charge in [-0.05, 0) is 55.5 Å². The molecule has 0 atom stereocenters. The molecular formula is C26H28N4O4S2. The Labute approximate surface area is 220 Å². The van der Waals surface area contributed by atoms with Crippen LogP contribution in [-0.2, 0) is 18.3 Å². The lowest BCUT2D eigenvalue weighted by Gasteiger charge is -2.25. The van der Waals surface area contributed by atoms with Crippen molar-refractivity contribution in [2.75, 3.05) is 38.8 Å². The molecule has 2 aromatic rings. The lowest BCUT2D eigenvalue weighted by atomic mass is 10.0. The molecule has 4 rings (SSSR count). The number of rotatable bonds is 7. The first kappa shape index (κ1) is 25.8. The summed E-state index contributed by atoms with van der Waals surface area (Å²) >= 11 is 6.79. The van der Waals surface area contributed by atoms with Crippen molar-refractivity contribution in [1.29, 1.82) is 5.26 Å². The average Bonchev–Trinajstić information content (AvgIpc) is 3.49. The second-order valence-corrected chi connectivity index (χ2v) is 10.4. The lowest BCUT2D eigenvalue weighted by molar-refractivity contribution is -0.122. The number of thiocarbonyl (C=S) groups is 1. The highest BCUT2D eigenvalue weighted by atomic mass is 32.2. The molecule has 8 nitrogen and oxygen atoms in total. The second kappa shape index (κ2) is 10.8. The van der Waals surface area contributed by atoms with Crippen LogP contribution in [0.4, 0.5) is 5.82 Å². The summed E-state index contributed by atoms with van der Waals surface area (Å²) in [6.45, 7) is 3.84. The molecule has 2 saturated heterocycles. The first-order valence-corrected chi connectivity index (χ1v) is 12.9. The van der Waals surface area contributed by atoms with Gasteiger partial charge in [-0.3, -0.25) is 19.1 Å². The van der Waals surface area contributed by atoms with Crippen LogP contribution in [0.3, 0.4) is 0 Å². The van der Waals surface area contributed by atoms with Crippen LogP contribution >= 0.6 is 24.0 Å². The van der Waals surface area contributed by atoms with Crippen LogP contribution in [0.15, 0.2) is 27.9 Å². The molecule has 1 amide bonds. The van der Waals surface area contributed by atoms with Gasteiger partial charge in [-0.1, -0.05) is 30.0 Å². The summed E-state index contributed by atoms with van der Waals surface area (Å²) < 4.78 is 12.7. The molecule has 1 aromatic carbocycles. The topological polar surface area (TPSA) is 87.8 Å². The van der Waals surface area contributed by atoms with Gasteiger partial charge in [-0.2, -0.15) is 5.26 Å². The van der Waals surface area contributed by atoms with Crippen molar-refractivity contribution in [2.24, 2.45) is 7.05 Å². The average molecular weight is 525 g/mol. The van der Waals surface area contributed by atoms with Crippen molar-refractivity contribution in [2.45, 2.75) is 26.2 Å². The molecule has 0 spiro atoms. The summed E-state index contributed by atoms with van der Waals surface area (Å²) in [5.74, 6) is 1.84. The number of thioether (sulfide) groups is 1. The zero-order valence-electron chi connectivity index (χ0n) is 20.8. The Kier molecular flexibility index (Phi) is 7.71. The van der Waals surface area contributed by atoms with E-state index < -0.39 is 0 Å². The monoisotopic (exact) mass is 524 g/mol. The van der Waals surface area contributed by atoms with Gasteiger partial charge in [0.15, 0.2) is 11.5 Å². The van der Waals surface area contributed by atoms with Crippen LogP contribution in [0.1, 0.15) is 35.1 Å². The predicted molar refractivity (Wildman–Crippen MR) is 146 cm³/mol. The molecule has 2 fully saturated rings. The lowest BCUT2D eigenvalue weighted by Crippen LogP contribution is -2.31. The standard InChI is InChI=1S/C26H28N4O4S2/c1-16-18(23(29-10-5-6-11-29)28(2)24(31)19(16)15-27)14-22-25(32)30(26(35)36-22)12-9-17-7-8-20(33-3)21(13-17)34-4/h7-8,13-14H,5-6,9-12H2,1-4H3. The van der Waals surface area contributed by atoms with Gasteiger partial charge in [0.05, 0.1) is 19.1 Å². The highest BCUT2D eigenvalue weighted by molar-refractivity contribution is 8.26. The molecule has 0 saturated carbocycles. The van der Waals surface area contributed by atoms with E-state index in [9.17, 15) is 14.9 Å². The summed E-state index contributed by atoms with van der Waals surface area (Å²) in [7, 11) is 4.86. The van der Waals surface area contributed by atoms with E-state index in [4.69, 9.17) is 21.7 Å². The fourth-order valence-electron chi connectivity index (χ4n) is 4.62. The molecular weight excluding hydrogens is 496 g/mol. The number of anilines is 1. The third-order valence-corrected chi connectivity index (χ3v) is 7.97. The maximum atomic E-state index is 13.4. The van der Waals surface area contributed by atoms with E-state index >= 15 is 0 Å². The van der Waals surface area contributed by atoms with Crippen LogP contribution in [0, 0.1) is 18.3 Å². The van der Waals surface area contributed by atoms with Crippen molar-refractivity contribution in [3.63, 3.8) is 0 Å². The molecule has 2 aliphatic rings. The van der Waals surface area contributed by atoms with Crippen molar-refractivity contribution < 1.29 is 14.3 Å².